The molecule has 3 rings (SSSR count). The van der Waals surface area contributed by atoms with Gasteiger partial charge in [-0.15, -0.1) is 0 Å². The Morgan fingerprint density at radius 2 is 1.64 bits per heavy atom. The van der Waals surface area contributed by atoms with Crippen LogP contribution in [0.15, 0.2) is 60.9 Å². The number of carbonyl (C=O) groups is 2. The van der Waals surface area contributed by atoms with Gasteiger partial charge in [-0.1, -0.05) is 24.3 Å². The first-order chi connectivity index (χ1) is 13.6. The Labute approximate surface area is 162 Å². The van der Waals surface area contributed by atoms with Crippen LogP contribution in [-0.2, 0) is 11.3 Å². The zero-order valence-electron chi connectivity index (χ0n) is 15.6. The van der Waals surface area contributed by atoms with Crippen LogP contribution >= 0.6 is 0 Å². The molecule has 0 aliphatic carbocycles. The Kier molecular flexibility index (Phi) is 5.96. The number of methoxy groups -OCH3 is 1. The van der Waals surface area contributed by atoms with E-state index in [4.69, 9.17) is 0 Å². The number of amides is 1. The Hall–Kier alpha value is -3.74. The van der Waals surface area contributed by atoms with Crippen LogP contribution in [0, 0.1) is 6.92 Å². The Morgan fingerprint density at radius 1 is 0.964 bits per heavy atom. The fourth-order valence-electron chi connectivity index (χ4n) is 2.53. The molecule has 0 fully saturated rings. The molecule has 7 nitrogen and oxygen atoms in total. The van der Waals surface area contributed by atoms with E-state index in [9.17, 15) is 9.59 Å². The molecule has 0 aliphatic heterocycles. The van der Waals surface area contributed by atoms with E-state index in [2.05, 4.69) is 25.3 Å². The number of nitrogens with zero attached hydrogens (tertiary/aromatic N) is 2. The zero-order chi connectivity index (χ0) is 19.9. The maximum absolute atomic E-state index is 12.3. The second kappa shape index (κ2) is 8.77. The van der Waals surface area contributed by atoms with Crippen LogP contribution in [0.2, 0.25) is 0 Å². The molecular weight excluding hydrogens is 356 g/mol. The van der Waals surface area contributed by atoms with Crippen molar-refractivity contribution in [3.8, 4) is 0 Å². The number of aromatic nitrogens is 2. The van der Waals surface area contributed by atoms with Crippen LogP contribution in [0.3, 0.4) is 0 Å². The number of aryl methyl sites for hydroxylation is 1. The monoisotopic (exact) mass is 376 g/mol. The van der Waals surface area contributed by atoms with Crippen LogP contribution in [0.25, 0.3) is 0 Å². The summed E-state index contributed by atoms with van der Waals surface area (Å²) in [7, 11) is 1.33. The van der Waals surface area contributed by atoms with Gasteiger partial charge in [0, 0.05) is 24.6 Å². The minimum atomic E-state index is -0.399. The van der Waals surface area contributed by atoms with Gasteiger partial charge in [0.2, 0.25) is 5.95 Å². The van der Waals surface area contributed by atoms with Crippen molar-refractivity contribution < 1.29 is 14.3 Å². The third-order valence-corrected chi connectivity index (χ3v) is 4.18. The van der Waals surface area contributed by atoms with Crippen LogP contribution in [0.4, 0.5) is 11.6 Å². The summed E-state index contributed by atoms with van der Waals surface area (Å²) in [5, 5.41) is 5.88. The lowest BCUT2D eigenvalue weighted by Crippen LogP contribution is -2.23. The summed E-state index contributed by atoms with van der Waals surface area (Å²) in [5.41, 5.74) is 3.72. The number of hydrogen-bond donors (Lipinski definition) is 2. The predicted octanol–water partition coefficient (Wildman–Crippen LogP) is 3.25. The van der Waals surface area contributed by atoms with Crippen molar-refractivity contribution >= 4 is 23.5 Å². The fourth-order valence-corrected chi connectivity index (χ4v) is 2.53. The third-order valence-electron chi connectivity index (χ3n) is 4.18. The van der Waals surface area contributed by atoms with E-state index >= 15 is 0 Å². The SMILES string of the molecule is COC(=O)c1ccc(Nc2ncc(C(=O)NCc3ccccc3C)cn2)cc1. The van der Waals surface area contributed by atoms with Gasteiger partial charge >= 0.3 is 5.97 Å². The molecule has 0 saturated heterocycles. The zero-order valence-corrected chi connectivity index (χ0v) is 15.6. The van der Waals surface area contributed by atoms with Crippen LogP contribution < -0.4 is 10.6 Å². The fraction of sp³-hybridized carbons (Fsp3) is 0.143. The van der Waals surface area contributed by atoms with Crippen LogP contribution in [0.5, 0.6) is 0 Å². The Bertz CT molecular complexity index is 970. The highest BCUT2D eigenvalue weighted by atomic mass is 16.5. The van der Waals surface area contributed by atoms with Gasteiger partial charge in [0.25, 0.3) is 5.91 Å². The smallest absolute Gasteiger partial charge is 0.337 e. The standard InChI is InChI=1S/C21H20N4O3/c1-14-5-3-4-6-16(14)11-22-19(26)17-12-23-21(24-13-17)25-18-9-7-15(8-10-18)20(27)28-2/h3-10,12-13H,11H2,1-2H3,(H,22,26)(H,23,24,25). The third kappa shape index (κ3) is 4.70. The predicted molar refractivity (Wildman–Crippen MR) is 105 cm³/mol. The minimum Gasteiger partial charge on any atom is -0.465 e. The van der Waals surface area contributed by atoms with Gasteiger partial charge in [-0.3, -0.25) is 4.79 Å². The number of nitrogens with one attached hydrogen (secondary N) is 2. The number of benzene rings is 2. The largest absolute Gasteiger partial charge is 0.465 e. The first-order valence-electron chi connectivity index (χ1n) is 8.67. The van der Waals surface area contributed by atoms with E-state index in [1.54, 1.807) is 24.3 Å². The lowest BCUT2D eigenvalue weighted by atomic mass is 10.1. The normalized spacial score (nSPS) is 10.2. The lowest BCUT2D eigenvalue weighted by Gasteiger charge is -2.08. The van der Waals surface area contributed by atoms with Crippen molar-refractivity contribution in [3.05, 3.63) is 83.2 Å². The molecule has 142 valence electrons. The molecule has 1 aromatic heterocycles. The summed E-state index contributed by atoms with van der Waals surface area (Å²) >= 11 is 0. The van der Waals surface area contributed by atoms with E-state index in [0.29, 0.717) is 29.3 Å². The molecular formula is C21H20N4O3. The van der Waals surface area contributed by atoms with E-state index in [1.165, 1.54) is 19.5 Å². The molecule has 0 bridgehead atoms. The molecule has 2 N–H and O–H groups in total. The quantitative estimate of drug-likeness (QED) is 0.642. The summed E-state index contributed by atoms with van der Waals surface area (Å²) in [6, 6.07) is 14.6. The second-order valence-electron chi connectivity index (χ2n) is 6.10. The van der Waals surface area contributed by atoms with E-state index in [-0.39, 0.29) is 5.91 Å². The minimum absolute atomic E-state index is 0.239. The van der Waals surface area contributed by atoms with Crippen LogP contribution in [-0.4, -0.2) is 29.0 Å². The number of carbonyl (C=O) groups excluding carboxylic acids is 2. The van der Waals surface area contributed by atoms with Crippen molar-refractivity contribution in [1.29, 1.82) is 0 Å². The molecule has 1 heterocycles. The average molecular weight is 376 g/mol. The van der Waals surface area contributed by atoms with Gasteiger partial charge in [-0.05, 0) is 42.3 Å². The highest BCUT2D eigenvalue weighted by Crippen LogP contribution is 2.14. The van der Waals surface area contributed by atoms with Crippen molar-refractivity contribution in [2.24, 2.45) is 0 Å². The molecule has 0 aliphatic rings. The van der Waals surface area contributed by atoms with Crippen molar-refractivity contribution in [2.45, 2.75) is 13.5 Å². The Balaban J connectivity index is 1.59. The van der Waals surface area contributed by atoms with E-state index < -0.39 is 5.97 Å². The summed E-state index contributed by atoms with van der Waals surface area (Å²) in [5.74, 6) is -0.289. The van der Waals surface area contributed by atoms with Crippen molar-refractivity contribution in [2.75, 3.05) is 12.4 Å². The van der Waals surface area contributed by atoms with Gasteiger partial charge < -0.3 is 15.4 Å². The van der Waals surface area contributed by atoms with E-state index in [1.807, 2.05) is 31.2 Å². The lowest BCUT2D eigenvalue weighted by molar-refractivity contribution is 0.0600. The first kappa shape index (κ1) is 19.0. The maximum Gasteiger partial charge on any atom is 0.337 e. The molecule has 2 aromatic carbocycles. The highest BCUT2D eigenvalue weighted by Gasteiger charge is 2.09. The topological polar surface area (TPSA) is 93.2 Å². The van der Waals surface area contributed by atoms with Gasteiger partial charge in [0.05, 0.1) is 18.2 Å². The van der Waals surface area contributed by atoms with E-state index in [0.717, 1.165) is 11.1 Å². The molecule has 1 amide bonds. The summed E-state index contributed by atoms with van der Waals surface area (Å²) in [6.07, 6.45) is 2.93. The Morgan fingerprint density at radius 3 is 2.29 bits per heavy atom. The van der Waals surface area contributed by atoms with Gasteiger partial charge in [0.15, 0.2) is 0 Å². The molecule has 0 unspecified atom stereocenters. The summed E-state index contributed by atoms with van der Waals surface area (Å²) < 4.78 is 4.66. The number of rotatable bonds is 6. The maximum atomic E-state index is 12.3. The molecule has 0 saturated carbocycles. The van der Waals surface area contributed by atoms with Gasteiger partial charge in [-0.2, -0.15) is 0 Å². The molecule has 7 heteroatoms. The molecule has 0 atom stereocenters. The number of anilines is 2. The van der Waals surface area contributed by atoms with Crippen molar-refractivity contribution in [3.63, 3.8) is 0 Å². The van der Waals surface area contributed by atoms with Gasteiger partial charge in [-0.25, -0.2) is 14.8 Å². The average Bonchev–Trinajstić information content (AvgIpc) is 2.73. The van der Waals surface area contributed by atoms with Crippen LogP contribution in [0.1, 0.15) is 31.8 Å². The second-order valence-corrected chi connectivity index (χ2v) is 6.10. The highest BCUT2D eigenvalue weighted by molar-refractivity contribution is 5.93. The number of hydrogen-bond acceptors (Lipinski definition) is 6. The first-order valence-corrected chi connectivity index (χ1v) is 8.67. The van der Waals surface area contributed by atoms with Crippen molar-refractivity contribution in [1.82, 2.24) is 15.3 Å². The number of esters is 1. The molecule has 28 heavy (non-hydrogen) atoms. The number of ether oxygens (including phenoxy) is 1. The molecule has 0 spiro atoms. The summed E-state index contributed by atoms with van der Waals surface area (Å²) in [6.45, 7) is 2.45. The molecule has 0 radical (unpaired) electrons. The summed E-state index contributed by atoms with van der Waals surface area (Å²) in [4.78, 5) is 32.0. The van der Waals surface area contributed by atoms with Gasteiger partial charge in [0.1, 0.15) is 0 Å². The molecule has 3 aromatic rings.